The highest BCUT2D eigenvalue weighted by molar-refractivity contribution is 6.05. The Morgan fingerprint density at radius 3 is 2.48 bits per heavy atom. The lowest BCUT2D eigenvalue weighted by Crippen LogP contribution is -2.46. The fourth-order valence-corrected chi connectivity index (χ4v) is 3.90. The van der Waals surface area contributed by atoms with E-state index in [2.05, 4.69) is 10.2 Å². The number of nitrogens with one attached hydrogen (secondary N) is 1. The zero-order valence-electron chi connectivity index (χ0n) is 16.3. The van der Waals surface area contributed by atoms with Crippen LogP contribution in [0.25, 0.3) is 0 Å². The van der Waals surface area contributed by atoms with Crippen molar-refractivity contribution >= 4 is 17.9 Å². The fourth-order valence-electron chi connectivity index (χ4n) is 3.90. The smallest absolute Gasteiger partial charge is 0.407 e. The van der Waals surface area contributed by atoms with Gasteiger partial charge in [-0.2, -0.15) is 0 Å². The maximum atomic E-state index is 12.6. The minimum atomic E-state index is -0.592. The molecule has 0 spiro atoms. The summed E-state index contributed by atoms with van der Waals surface area (Å²) in [4.78, 5) is 40.4. The molecular formula is C20H27N3O4. The Labute approximate surface area is 159 Å². The second kappa shape index (κ2) is 7.31. The van der Waals surface area contributed by atoms with Crippen molar-refractivity contribution in [3.8, 4) is 0 Å². The number of fused-ring (bicyclic) bond motifs is 1. The van der Waals surface area contributed by atoms with Crippen molar-refractivity contribution in [2.45, 2.75) is 39.0 Å². The van der Waals surface area contributed by atoms with E-state index in [0.717, 1.165) is 5.56 Å². The molecule has 0 saturated carbocycles. The predicted octanol–water partition coefficient (Wildman–Crippen LogP) is 1.63. The number of hydrogen-bond acceptors (Lipinski definition) is 5. The number of likely N-dealkylation sites (tertiary alicyclic amines) is 2. The second-order valence-corrected chi connectivity index (χ2v) is 8.23. The Balaban J connectivity index is 1.75. The van der Waals surface area contributed by atoms with Crippen molar-refractivity contribution in [3.05, 3.63) is 35.9 Å². The zero-order valence-corrected chi connectivity index (χ0v) is 16.3. The summed E-state index contributed by atoms with van der Waals surface area (Å²) in [6.45, 7) is 6.79. The predicted molar refractivity (Wildman–Crippen MR) is 99.6 cm³/mol. The minimum absolute atomic E-state index is 0.136. The molecule has 1 aromatic rings. The van der Waals surface area contributed by atoms with Gasteiger partial charge in [0.1, 0.15) is 5.60 Å². The number of imide groups is 1. The fraction of sp³-hybridized carbons (Fsp3) is 0.550. The molecule has 3 rings (SSSR count). The van der Waals surface area contributed by atoms with Crippen LogP contribution in [0.15, 0.2) is 30.3 Å². The molecule has 7 nitrogen and oxygen atoms in total. The molecule has 0 unspecified atom stereocenters. The lowest BCUT2D eigenvalue weighted by atomic mass is 9.93. The third-order valence-electron chi connectivity index (χ3n) is 5.09. The number of hydrogen-bond donors (Lipinski definition) is 1. The molecule has 7 heteroatoms. The van der Waals surface area contributed by atoms with Crippen molar-refractivity contribution in [3.63, 3.8) is 0 Å². The summed E-state index contributed by atoms with van der Waals surface area (Å²) in [5.41, 5.74) is 0.513. The SMILES string of the molecule is CN1C(=O)[C@@H]2[C@@H](CN(Cc3ccccc3)[C@H]2CNC(=O)OC(C)(C)C)C1=O. The summed E-state index contributed by atoms with van der Waals surface area (Å²) in [6, 6.07) is 9.66. The van der Waals surface area contributed by atoms with E-state index in [4.69, 9.17) is 4.74 Å². The zero-order chi connectivity index (χ0) is 19.8. The van der Waals surface area contributed by atoms with Crippen LogP contribution >= 0.6 is 0 Å². The van der Waals surface area contributed by atoms with E-state index in [1.807, 2.05) is 30.3 Å². The van der Waals surface area contributed by atoms with Crippen molar-refractivity contribution in [2.24, 2.45) is 11.8 Å². The maximum Gasteiger partial charge on any atom is 0.407 e. The van der Waals surface area contributed by atoms with Gasteiger partial charge in [0, 0.05) is 32.7 Å². The minimum Gasteiger partial charge on any atom is -0.444 e. The first-order valence-corrected chi connectivity index (χ1v) is 9.23. The van der Waals surface area contributed by atoms with Crippen molar-refractivity contribution < 1.29 is 19.1 Å². The van der Waals surface area contributed by atoms with Crippen LogP contribution in [0.3, 0.4) is 0 Å². The largest absolute Gasteiger partial charge is 0.444 e. The van der Waals surface area contributed by atoms with Crippen LogP contribution in [0, 0.1) is 11.8 Å². The molecule has 1 N–H and O–H groups in total. The quantitative estimate of drug-likeness (QED) is 0.812. The normalized spacial score (nSPS) is 25.6. The number of alkyl carbamates (subject to hydrolysis) is 1. The Morgan fingerprint density at radius 2 is 1.85 bits per heavy atom. The third-order valence-corrected chi connectivity index (χ3v) is 5.09. The Morgan fingerprint density at radius 1 is 1.19 bits per heavy atom. The summed E-state index contributed by atoms with van der Waals surface area (Å²) in [5, 5.41) is 2.77. The highest BCUT2D eigenvalue weighted by Crippen LogP contribution is 2.38. The van der Waals surface area contributed by atoms with Crippen LogP contribution in [0.4, 0.5) is 4.79 Å². The number of carbonyl (C=O) groups is 3. The number of amides is 3. The average Bonchev–Trinajstić information content (AvgIpc) is 3.04. The summed E-state index contributed by atoms with van der Waals surface area (Å²) in [7, 11) is 1.53. The van der Waals surface area contributed by atoms with Gasteiger partial charge in [-0.3, -0.25) is 19.4 Å². The van der Waals surface area contributed by atoms with E-state index in [0.29, 0.717) is 13.1 Å². The second-order valence-electron chi connectivity index (χ2n) is 8.23. The van der Waals surface area contributed by atoms with Gasteiger partial charge in [0.15, 0.2) is 0 Å². The van der Waals surface area contributed by atoms with Gasteiger partial charge in [-0.05, 0) is 26.3 Å². The number of ether oxygens (including phenoxy) is 1. The van der Waals surface area contributed by atoms with E-state index in [9.17, 15) is 14.4 Å². The van der Waals surface area contributed by atoms with Gasteiger partial charge in [-0.1, -0.05) is 30.3 Å². The molecule has 27 heavy (non-hydrogen) atoms. The molecule has 3 amide bonds. The number of rotatable bonds is 4. The first-order chi connectivity index (χ1) is 12.7. The standard InChI is InChI=1S/C20H27N3O4/c1-20(2,3)27-19(26)21-10-15-16-14(17(24)22(4)18(16)25)12-23(15)11-13-8-6-5-7-9-13/h5-9,14-16H,10-12H2,1-4H3,(H,21,26)/t14-,15+,16-/m1/s1. The molecule has 2 aliphatic heterocycles. The van der Waals surface area contributed by atoms with Crippen LogP contribution in [0.1, 0.15) is 26.3 Å². The van der Waals surface area contributed by atoms with Crippen molar-refractivity contribution in [2.75, 3.05) is 20.1 Å². The highest BCUT2D eigenvalue weighted by atomic mass is 16.6. The number of nitrogens with zero attached hydrogens (tertiary/aromatic N) is 2. The van der Waals surface area contributed by atoms with Gasteiger partial charge in [0.05, 0.1) is 11.8 Å². The van der Waals surface area contributed by atoms with Gasteiger partial charge >= 0.3 is 6.09 Å². The lowest BCUT2D eigenvalue weighted by Gasteiger charge is -2.29. The topological polar surface area (TPSA) is 79.0 Å². The van der Waals surface area contributed by atoms with Crippen molar-refractivity contribution in [1.82, 2.24) is 15.1 Å². The summed E-state index contributed by atoms with van der Waals surface area (Å²) >= 11 is 0. The van der Waals surface area contributed by atoms with Gasteiger partial charge in [0.25, 0.3) is 0 Å². The average molecular weight is 373 g/mol. The first kappa shape index (κ1) is 19.4. The summed E-state index contributed by atoms with van der Waals surface area (Å²) < 4.78 is 5.30. The van der Waals surface area contributed by atoms with Gasteiger partial charge in [0.2, 0.25) is 11.8 Å². The Kier molecular flexibility index (Phi) is 5.24. The number of carbonyl (C=O) groups excluding carboxylic acids is 3. The molecule has 2 fully saturated rings. The molecule has 0 bridgehead atoms. The van der Waals surface area contributed by atoms with E-state index in [1.165, 1.54) is 11.9 Å². The highest BCUT2D eigenvalue weighted by Gasteiger charge is 2.56. The third kappa shape index (κ3) is 4.13. The molecule has 0 aliphatic carbocycles. The van der Waals surface area contributed by atoms with Crippen LogP contribution in [0.2, 0.25) is 0 Å². The van der Waals surface area contributed by atoms with Crippen LogP contribution in [-0.4, -0.2) is 59.5 Å². The van der Waals surface area contributed by atoms with Crippen molar-refractivity contribution in [1.29, 1.82) is 0 Å². The van der Waals surface area contributed by atoms with E-state index in [1.54, 1.807) is 20.8 Å². The van der Waals surface area contributed by atoms with E-state index in [-0.39, 0.29) is 30.3 Å². The molecule has 2 saturated heterocycles. The molecular weight excluding hydrogens is 346 g/mol. The first-order valence-electron chi connectivity index (χ1n) is 9.23. The molecule has 2 heterocycles. The monoisotopic (exact) mass is 373 g/mol. The molecule has 2 aliphatic rings. The lowest BCUT2D eigenvalue weighted by molar-refractivity contribution is -0.139. The summed E-state index contributed by atoms with van der Waals surface area (Å²) in [6.07, 6.45) is -0.518. The van der Waals surface area contributed by atoms with Gasteiger partial charge in [-0.15, -0.1) is 0 Å². The maximum absolute atomic E-state index is 12.6. The molecule has 1 aromatic carbocycles. The Bertz CT molecular complexity index is 728. The molecule has 3 atom stereocenters. The van der Waals surface area contributed by atoms with E-state index >= 15 is 0 Å². The van der Waals surface area contributed by atoms with Crippen LogP contribution in [0.5, 0.6) is 0 Å². The summed E-state index contributed by atoms with van der Waals surface area (Å²) in [5.74, 6) is -1.09. The van der Waals surface area contributed by atoms with E-state index < -0.39 is 17.6 Å². The molecule has 0 radical (unpaired) electrons. The molecule has 146 valence electrons. The Hall–Kier alpha value is -2.41. The number of benzene rings is 1. The van der Waals surface area contributed by atoms with Crippen LogP contribution in [-0.2, 0) is 20.9 Å². The van der Waals surface area contributed by atoms with Crippen LogP contribution < -0.4 is 5.32 Å². The van der Waals surface area contributed by atoms with Gasteiger partial charge in [-0.25, -0.2) is 4.79 Å². The van der Waals surface area contributed by atoms with Gasteiger partial charge < -0.3 is 10.1 Å². The molecule has 0 aromatic heterocycles.